The summed E-state index contributed by atoms with van der Waals surface area (Å²) in [4.78, 5) is 16.0. The molecule has 0 saturated carbocycles. The van der Waals surface area contributed by atoms with Crippen LogP contribution >= 0.6 is 0 Å². The molecule has 0 aliphatic carbocycles. The molecule has 2 aromatic rings. The number of nitrogens with one attached hydrogen (secondary N) is 1. The highest BCUT2D eigenvalue weighted by Crippen LogP contribution is 2.23. The number of aliphatic imine (C=N–C) groups is 1. The first kappa shape index (κ1) is 15.6. The molecule has 0 aliphatic heterocycles. The minimum absolute atomic E-state index is 0.256. The molecule has 0 heterocycles. The number of benzene rings is 2. The van der Waals surface area contributed by atoms with Crippen LogP contribution in [-0.4, -0.2) is 32.9 Å². The van der Waals surface area contributed by atoms with Crippen LogP contribution in [0.2, 0.25) is 0 Å². The van der Waals surface area contributed by atoms with Crippen molar-refractivity contribution in [1.29, 1.82) is 0 Å². The van der Waals surface area contributed by atoms with Gasteiger partial charge >= 0.3 is 5.97 Å². The summed E-state index contributed by atoms with van der Waals surface area (Å²) >= 11 is 0. The molecule has 22 heavy (non-hydrogen) atoms. The molecule has 5 nitrogen and oxygen atoms in total. The minimum atomic E-state index is -0.423. The number of rotatable bonds is 6. The van der Waals surface area contributed by atoms with Crippen LogP contribution in [-0.2, 0) is 4.74 Å². The molecule has 0 unspecified atom stereocenters. The Morgan fingerprint density at radius 1 is 1.18 bits per heavy atom. The van der Waals surface area contributed by atoms with E-state index in [0.29, 0.717) is 11.3 Å². The highest BCUT2D eigenvalue weighted by atomic mass is 16.5. The van der Waals surface area contributed by atoms with E-state index in [2.05, 4.69) is 10.3 Å². The molecule has 2 rings (SSSR count). The second kappa shape index (κ2) is 7.83. The second-order valence-electron chi connectivity index (χ2n) is 4.38. The quantitative estimate of drug-likeness (QED) is 0.656. The smallest absolute Gasteiger partial charge is 0.341 e. The molecule has 5 heteroatoms. The Labute approximate surface area is 129 Å². The van der Waals surface area contributed by atoms with Crippen LogP contribution in [0.1, 0.15) is 10.4 Å². The summed E-state index contributed by atoms with van der Waals surface area (Å²) in [5.74, 6) is 0.0516. The van der Waals surface area contributed by atoms with Gasteiger partial charge in [0.25, 0.3) is 0 Å². The molecule has 0 aromatic heterocycles. The van der Waals surface area contributed by atoms with Gasteiger partial charge in [-0.25, -0.2) is 4.79 Å². The third-order valence-corrected chi connectivity index (χ3v) is 3.01. The van der Waals surface area contributed by atoms with Crippen LogP contribution < -0.4 is 10.1 Å². The Balaban J connectivity index is 2.02. The monoisotopic (exact) mass is 298 g/mol. The summed E-state index contributed by atoms with van der Waals surface area (Å²) in [7, 11) is 3.19. The summed E-state index contributed by atoms with van der Waals surface area (Å²) in [6.07, 6.45) is 1.66. The lowest BCUT2D eigenvalue weighted by atomic mass is 10.2. The van der Waals surface area contributed by atoms with E-state index in [4.69, 9.17) is 9.47 Å². The molecule has 2 aromatic carbocycles. The van der Waals surface area contributed by atoms with Crippen molar-refractivity contribution in [2.45, 2.75) is 0 Å². The zero-order valence-corrected chi connectivity index (χ0v) is 12.6. The van der Waals surface area contributed by atoms with Crippen molar-refractivity contribution in [3.63, 3.8) is 0 Å². The summed E-state index contributed by atoms with van der Waals surface area (Å²) in [6.45, 7) is 0.256. The molecule has 0 spiro atoms. The fourth-order valence-electron chi connectivity index (χ4n) is 1.93. The number of esters is 1. The fraction of sp³-hybridized carbons (Fsp3) is 0.176. The van der Waals surface area contributed by atoms with Crippen molar-refractivity contribution in [2.75, 3.05) is 26.1 Å². The Kier molecular flexibility index (Phi) is 5.54. The summed E-state index contributed by atoms with van der Waals surface area (Å²) < 4.78 is 10.3. The molecule has 0 bridgehead atoms. The van der Waals surface area contributed by atoms with Gasteiger partial charge in [0.15, 0.2) is 0 Å². The highest BCUT2D eigenvalue weighted by Gasteiger charge is 2.11. The lowest BCUT2D eigenvalue weighted by Crippen LogP contribution is -2.06. The normalized spacial score (nSPS) is 10.5. The van der Waals surface area contributed by atoms with Crippen molar-refractivity contribution in [1.82, 2.24) is 0 Å². The number of anilines is 1. The first-order valence-electron chi connectivity index (χ1n) is 6.85. The lowest BCUT2D eigenvalue weighted by molar-refractivity contribution is 0.0596. The van der Waals surface area contributed by atoms with Gasteiger partial charge in [0.1, 0.15) is 17.9 Å². The van der Waals surface area contributed by atoms with Crippen LogP contribution in [0, 0.1) is 0 Å². The predicted molar refractivity (Wildman–Crippen MR) is 87.4 cm³/mol. The molecule has 0 amide bonds. The molecular weight excluding hydrogens is 280 g/mol. The molecule has 0 radical (unpaired) electrons. The largest absolute Gasteiger partial charge is 0.487 e. The van der Waals surface area contributed by atoms with Crippen molar-refractivity contribution in [2.24, 2.45) is 4.99 Å². The Morgan fingerprint density at radius 3 is 2.68 bits per heavy atom. The third kappa shape index (κ3) is 3.85. The van der Waals surface area contributed by atoms with E-state index < -0.39 is 5.97 Å². The topological polar surface area (TPSA) is 59.9 Å². The maximum atomic E-state index is 11.6. The summed E-state index contributed by atoms with van der Waals surface area (Å²) in [6, 6.07) is 14.7. The van der Waals surface area contributed by atoms with Gasteiger partial charge in [0, 0.05) is 13.3 Å². The van der Waals surface area contributed by atoms with E-state index in [0.717, 1.165) is 11.4 Å². The molecule has 0 aliphatic rings. The minimum Gasteiger partial charge on any atom is -0.487 e. The SMILES string of the molecule is CNc1ccccc1N=CCOc1ccccc1C(=O)OC. The number of hydrogen-bond donors (Lipinski definition) is 1. The van der Waals surface area contributed by atoms with Gasteiger partial charge < -0.3 is 14.8 Å². The van der Waals surface area contributed by atoms with Crippen molar-refractivity contribution < 1.29 is 14.3 Å². The number of nitrogens with zero attached hydrogens (tertiary/aromatic N) is 1. The van der Waals surface area contributed by atoms with Gasteiger partial charge in [-0.2, -0.15) is 0 Å². The molecule has 0 fully saturated rings. The van der Waals surface area contributed by atoms with Gasteiger partial charge in [0.05, 0.1) is 18.5 Å². The number of carbonyl (C=O) groups excluding carboxylic acids is 1. The van der Waals surface area contributed by atoms with E-state index in [1.807, 2.05) is 31.3 Å². The first-order valence-corrected chi connectivity index (χ1v) is 6.85. The van der Waals surface area contributed by atoms with Gasteiger partial charge in [-0.1, -0.05) is 24.3 Å². The maximum Gasteiger partial charge on any atom is 0.341 e. The van der Waals surface area contributed by atoms with E-state index in [9.17, 15) is 4.79 Å². The zero-order valence-electron chi connectivity index (χ0n) is 12.6. The number of para-hydroxylation sites is 3. The van der Waals surface area contributed by atoms with E-state index in [1.54, 1.807) is 30.5 Å². The predicted octanol–water partition coefficient (Wildman–Crippen LogP) is 3.30. The number of methoxy groups -OCH3 is 1. The van der Waals surface area contributed by atoms with E-state index in [-0.39, 0.29) is 6.61 Å². The lowest BCUT2D eigenvalue weighted by Gasteiger charge is -2.08. The average molecular weight is 298 g/mol. The number of ether oxygens (including phenoxy) is 2. The molecule has 0 saturated heterocycles. The van der Waals surface area contributed by atoms with E-state index in [1.165, 1.54) is 7.11 Å². The van der Waals surface area contributed by atoms with Crippen LogP contribution in [0.4, 0.5) is 11.4 Å². The summed E-state index contributed by atoms with van der Waals surface area (Å²) in [5, 5.41) is 3.07. The standard InChI is InChI=1S/C17H18N2O3/c1-18-14-8-4-5-9-15(14)19-11-12-22-16-10-6-3-7-13(16)17(20)21-2/h3-11,18H,12H2,1-2H3. The van der Waals surface area contributed by atoms with Crippen LogP contribution in [0.25, 0.3) is 0 Å². The van der Waals surface area contributed by atoms with Crippen molar-refractivity contribution in [3.8, 4) is 5.75 Å². The summed E-state index contributed by atoms with van der Waals surface area (Å²) in [5.41, 5.74) is 2.16. The Morgan fingerprint density at radius 2 is 1.91 bits per heavy atom. The number of hydrogen-bond acceptors (Lipinski definition) is 5. The van der Waals surface area contributed by atoms with Gasteiger partial charge in [-0.3, -0.25) is 4.99 Å². The van der Waals surface area contributed by atoms with Crippen LogP contribution in [0.3, 0.4) is 0 Å². The maximum absolute atomic E-state index is 11.6. The van der Waals surface area contributed by atoms with Crippen LogP contribution in [0.5, 0.6) is 5.75 Å². The molecular formula is C17H18N2O3. The van der Waals surface area contributed by atoms with Gasteiger partial charge in [-0.05, 0) is 24.3 Å². The van der Waals surface area contributed by atoms with Crippen LogP contribution in [0.15, 0.2) is 53.5 Å². The second-order valence-corrected chi connectivity index (χ2v) is 4.38. The fourth-order valence-corrected chi connectivity index (χ4v) is 1.93. The van der Waals surface area contributed by atoms with Gasteiger partial charge in [0.2, 0.25) is 0 Å². The Bertz CT molecular complexity index is 668. The zero-order chi connectivity index (χ0) is 15.8. The number of carbonyl (C=O) groups is 1. The van der Waals surface area contributed by atoms with Gasteiger partial charge in [-0.15, -0.1) is 0 Å². The third-order valence-electron chi connectivity index (χ3n) is 3.01. The molecule has 0 atom stereocenters. The Hall–Kier alpha value is -2.82. The van der Waals surface area contributed by atoms with E-state index >= 15 is 0 Å². The van der Waals surface area contributed by atoms with Crippen molar-refractivity contribution >= 4 is 23.6 Å². The molecule has 1 N–H and O–H groups in total. The average Bonchev–Trinajstić information content (AvgIpc) is 2.58. The molecule has 114 valence electrons. The van der Waals surface area contributed by atoms with Crippen molar-refractivity contribution in [3.05, 3.63) is 54.1 Å². The highest BCUT2D eigenvalue weighted by molar-refractivity contribution is 5.92. The first-order chi connectivity index (χ1) is 10.8.